The van der Waals surface area contributed by atoms with Gasteiger partial charge in [0, 0.05) is 23.9 Å². The van der Waals surface area contributed by atoms with Crippen molar-refractivity contribution in [3.05, 3.63) is 0 Å². The summed E-state index contributed by atoms with van der Waals surface area (Å²) in [6.07, 6.45) is 9.16. The van der Waals surface area contributed by atoms with E-state index in [4.69, 9.17) is 9.47 Å². The Kier molecular flexibility index (Phi) is 7.91. The van der Waals surface area contributed by atoms with Crippen LogP contribution in [-0.2, 0) is 9.47 Å². The van der Waals surface area contributed by atoms with E-state index < -0.39 is 0 Å². The molecule has 0 radical (unpaired) electrons. The fourth-order valence-corrected chi connectivity index (χ4v) is 8.05. The molecule has 0 saturated heterocycles. The van der Waals surface area contributed by atoms with E-state index in [9.17, 15) is 9.59 Å². The minimum atomic E-state index is -0.273. The highest BCUT2D eigenvalue weighted by Crippen LogP contribution is 2.67. The van der Waals surface area contributed by atoms with E-state index >= 15 is 0 Å². The molecule has 4 bridgehead atoms. The number of rotatable bonds is 11. The number of hydrogen-bond acceptors (Lipinski definition) is 5. The Hall–Kier alpha value is -1.50. The normalized spacial score (nSPS) is 37.2. The number of unbranched alkanes of at least 4 members (excludes halogenated alkanes) is 1. The third-order valence-corrected chi connectivity index (χ3v) is 11.8. The molecule has 36 heavy (non-hydrogen) atoms. The molecule has 6 atom stereocenters. The number of fused-ring (bicyclic) bond motifs is 4. The van der Waals surface area contributed by atoms with Gasteiger partial charge in [-0.3, -0.25) is 0 Å². The number of amides is 2. The lowest BCUT2D eigenvalue weighted by atomic mass is 9.70. The van der Waals surface area contributed by atoms with Crippen LogP contribution in [-0.4, -0.2) is 50.6 Å². The molecule has 206 valence electrons. The van der Waals surface area contributed by atoms with E-state index in [1.807, 2.05) is 0 Å². The largest absolute Gasteiger partial charge is 0.446 e. The first-order chi connectivity index (χ1) is 16.9. The second kappa shape index (κ2) is 10.3. The first-order valence-electron chi connectivity index (χ1n) is 14.5. The summed E-state index contributed by atoms with van der Waals surface area (Å²) >= 11 is 0. The van der Waals surface area contributed by atoms with Crippen LogP contribution in [0.15, 0.2) is 0 Å². The molecule has 3 N–H and O–H groups in total. The molecule has 0 aliphatic heterocycles. The van der Waals surface area contributed by atoms with E-state index in [2.05, 4.69) is 57.5 Å². The van der Waals surface area contributed by atoms with Crippen molar-refractivity contribution in [3.8, 4) is 0 Å². The zero-order valence-corrected chi connectivity index (χ0v) is 23.6. The van der Waals surface area contributed by atoms with Crippen molar-refractivity contribution in [2.24, 2.45) is 33.5 Å². The molecule has 4 aliphatic rings. The molecule has 0 aromatic heterocycles. The van der Waals surface area contributed by atoms with Crippen LogP contribution in [0.4, 0.5) is 9.59 Å². The predicted octanol–water partition coefficient (Wildman–Crippen LogP) is 5.63. The number of hydrogen-bond donors (Lipinski definition) is 3. The van der Waals surface area contributed by atoms with Crippen molar-refractivity contribution in [1.29, 1.82) is 0 Å². The first kappa shape index (κ1) is 27.5. The lowest BCUT2D eigenvalue weighted by molar-refractivity contribution is -0.00450. The molecule has 2 amide bonds. The summed E-state index contributed by atoms with van der Waals surface area (Å²) in [5, 5.41) is 9.27. The van der Waals surface area contributed by atoms with Gasteiger partial charge >= 0.3 is 12.2 Å². The topological polar surface area (TPSA) is 88.7 Å². The highest BCUT2D eigenvalue weighted by Gasteiger charge is 2.63. The quantitative estimate of drug-likeness (QED) is 0.317. The Morgan fingerprint density at radius 2 is 1.08 bits per heavy atom. The third kappa shape index (κ3) is 4.86. The number of ether oxygens (including phenoxy) is 2. The van der Waals surface area contributed by atoms with Crippen LogP contribution < -0.4 is 16.0 Å². The lowest BCUT2D eigenvalue weighted by Gasteiger charge is -2.38. The van der Waals surface area contributed by atoms with Gasteiger partial charge in [0.25, 0.3) is 0 Å². The molecule has 0 heterocycles. The number of carbonyl (C=O) groups is 2. The van der Waals surface area contributed by atoms with E-state index in [0.29, 0.717) is 24.9 Å². The smallest absolute Gasteiger partial charge is 0.407 e. The maximum atomic E-state index is 12.3. The Morgan fingerprint density at radius 3 is 1.50 bits per heavy atom. The summed E-state index contributed by atoms with van der Waals surface area (Å²) in [5.41, 5.74) is 0.719. The van der Waals surface area contributed by atoms with E-state index in [-0.39, 0.29) is 46.1 Å². The summed E-state index contributed by atoms with van der Waals surface area (Å²) < 4.78 is 11.7. The van der Waals surface area contributed by atoms with Gasteiger partial charge in [0.2, 0.25) is 0 Å². The summed E-state index contributed by atoms with van der Waals surface area (Å²) in [6, 6.07) is 0. The standard InChI is InChI=1S/C29H51N3O4/c1-26(2)20-10-12-28(26,5)22(18-20)35-24(33)31-16-8-7-14-30-15-9-17-32-25(34)36-23-19-21-11-13-29(23,6)27(21,3)4/h20-23,30H,7-19H2,1-6H3,(H,31,33)(H,32,34). The van der Waals surface area contributed by atoms with Crippen LogP contribution in [0.25, 0.3) is 0 Å². The number of carbonyl (C=O) groups excluding carboxylic acids is 2. The van der Waals surface area contributed by atoms with Gasteiger partial charge in [-0.25, -0.2) is 9.59 Å². The Bertz CT molecular complexity index is 748. The van der Waals surface area contributed by atoms with Gasteiger partial charge in [0.05, 0.1) is 0 Å². The fraction of sp³-hybridized carbons (Fsp3) is 0.931. The van der Waals surface area contributed by atoms with Crippen molar-refractivity contribution >= 4 is 12.2 Å². The van der Waals surface area contributed by atoms with Gasteiger partial charge in [0.1, 0.15) is 12.2 Å². The van der Waals surface area contributed by atoms with Gasteiger partial charge in [-0.1, -0.05) is 41.5 Å². The summed E-state index contributed by atoms with van der Waals surface area (Å²) in [4.78, 5) is 24.6. The molecule has 4 aliphatic carbocycles. The Morgan fingerprint density at radius 1 is 0.667 bits per heavy atom. The highest BCUT2D eigenvalue weighted by molar-refractivity contribution is 5.67. The van der Waals surface area contributed by atoms with E-state index in [0.717, 1.165) is 58.0 Å². The molecule has 7 heteroatoms. The Balaban J connectivity index is 0.981. The summed E-state index contributed by atoms with van der Waals surface area (Å²) in [6.45, 7) is 16.9. The maximum absolute atomic E-state index is 12.3. The van der Waals surface area contributed by atoms with Gasteiger partial charge in [-0.15, -0.1) is 0 Å². The summed E-state index contributed by atoms with van der Waals surface area (Å²) in [7, 11) is 0. The maximum Gasteiger partial charge on any atom is 0.407 e. The second-order valence-corrected chi connectivity index (χ2v) is 13.7. The van der Waals surface area contributed by atoms with Crippen molar-refractivity contribution in [1.82, 2.24) is 16.0 Å². The highest BCUT2D eigenvalue weighted by atomic mass is 16.6. The third-order valence-electron chi connectivity index (χ3n) is 11.8. The van der Waals surface area contributed by atoms with Gasteiger partial charge in [0.15, 0.2) is 0 Å². The summed E-state index contributed by atoms with van der Waals surface area (Å²) in [5.74, 6) is 1.34. The predicted molar refractivity (Wildman–Crippen MR) is 142 cm³/mol. The molecule has 0 aromatic carbocycles. The fourth-order valence-electron chi connectivity index (χ4n) is 8.05. The van der Waals surface area contributed by atoms with E-state index in [1.54, 1.807) is 0 Å². The molecule has 4 saturated carbocycles. The second-order valence-electron chi connectivity index (χ2n) is 13.7. The van der Waals surface area contributed by atoms with Gasteiger partial charge in [-0.2, -0.15) is 0 Å². The van der Waals surface area contributed by atoms with Gasteiger partial charge in [-0.05, 0) is 93.5 Å². The average Bonchev–Trinajstić information content (AvgIpc) is 3.32. The molecule has 0 aromatic rings. The number of alkyl carbamates (subject to hydrolysis) is 2. The zero-order chi connectivity index (χ0) is 26.2. The minimum absolute atomic E-state index is 0.0403. The average molecular weight is 506 g/mol. The van der Waals surface area contributed by atoms with Crippen molar-refractivity contribution in [2.45, 2.75) is 112 Å². The van der Waals surface area contributed by atoms with E-state index in [1.165, 1.54) is 12.8 Å². The van der Waals surface area contributed by atoms with Crippen LogP contribution >= 0.6 is 0 Å². The molecular weight excluding hydrogens is 454 g/mol. The zero-order valence-electron chi connectivity index (χ0n) is 23.6. The first-order valence-corrected chi connectivity index (χ1v) is 14.5. The monoisotopic (exact) mass is 505 g/mol. The van der Waals surface area contributed by atoms with Crippen LogP contribution in [0.3, 0.4) is 0 Å². The molecule has 6 unspecified atom stereocenters. The van der Waals surface area contributed by atoms with Gasteiger partial charge < -0.3 is 25.4 Å². The Labute approximate surface area is 218 Å². The molecular formula is C29H51N3O4. The van der Waals surface area contributed by atoms with Crippen molar-refractivity contribution in [3.63, 3.8) is 0 Å². The lowest BCUT2D eigenvalue weighted by Crippen LogP contribution is -2.41. The van der Waals surface area contributed by atoms with Crippen LogP contribution in [0.1, 0.15) is 99.3 Å². The SMILES string of the molecule is CC1(C)C2CCC1(C)C(OC(=O)NCCCCNCCCNC(=O)OC1CC3CCC1(C)C3(C)C)C2. The number of nitrogens with one attached hydrogen (secondary N) is 3. The van der Waals surface area contributed by atoms with Crippen LogP contribution in [0, 0.1) is 33.5 Å². The molecule has 4 rings (SSSR count). The molecule has 4 fully saturated rings. The molecule has 7 nitrogen and oxygen atoms in total. The van der Waals surface area contributed by atoms with Crippen LogP contribution in [0.5, 0.6) is 0 Å². The molecule has 0 spiro atoms. The van der Waals surface area contributed by atoms with Crippen molar-refractivity contribution < 1.29 is 19.1 Å². The minimum Gasteiger partial charge on any atom is -0.446 e. The van der Waals surface area contributed by atoms with Crippen molar-refractivity contribution in [2.75, 3.05) is 26.2 Å². The van der Waals surface area contributed by atoms with Crippen LogP contribution in [0.2, 0.25) is 0 Å².